The third kappa shape index (κ3) is 1.13. The fourth-order valence-corrected chi connectivity index (χ4v) is 3.43. The Kier molecular flexibility index (Phi) is 2.00. The zero-order chi connectivity index (χ0) is 12.1. The summed E-state index contributed by atoms with van der Waals surface area (Å²) in [4.78, 5) is 4.82. The van der Waals surface area contributed by atoms with Crippen LogP contribution in [0.3, 0.4) is 0 Å². The maximum Gasteiger partial charge on any atom is 0.106 e. The van der Waals surface area contributed by atoms with Crippen LogP contribution in [0.4, 0.5) is 0 Å². The van der Waals surface area contributed by atoms with Gasteiger partial charge in [-0.3, -0.25) is 0 Å². The van der Waals surface area contributed by atoms with Crippen LogP contribution in [0.2, 0.25) is 0 Å². The van der Waals surface area contributed by atoms with E-state index in [1.54, 1.807) is 7.11 Å². The van der Waals surface area contributed by atoms with Crippen molar-refractivity contribution in [1.29, 1.82) is 0 Å². The van der Waals surface area contributed by atoms with Crippen molar-refractivity contribution in [1.82, 2.24) is 0 Å². The van der Waals surface area contributed by atoms with Crippen molar-refractivity contribution in [3.8, 4) is 0 Å². The number of allylic oxidation sites excluding steroid dienone is 1. The molecule has 1 spiro atoms. The van der Waals surface area contributed by atoms with Crippen molar-refractivity contribution in [3.63, 3.8) is 0 Å². The Balaban J connectivity index is 2.06. The maximum atomic E-state index is 4.82. The molecule has 3 rings (SSSR count). The van der Waals surface area contributed by atoms with Crippen molar-refractivity contribution in [3.05, 3.63) is 41.5 Å². The Morgan fingerprint density at radius 3 is 2.82 bits per heavy atom. The van der Waals surface area contributed by atoms with Gasteiger partial charge in [0.1, 0.15) is 7.11 Å². The van der Waals surface area contributed by atoms with Crippen molar-refractivity contribution in [2.45, 2.75) is 19.3 Å². The van der Waals surface area contributed by atoms with Crippen molar-refractivity contribution >= 4 is 12.3 Å². The summed E-state index contributed by atoms with van der Waals surface area (Å²) in [7, 11) is 1.59. The van der Waals surface area contributed by atoms with Gasteiger partial charge in [-0.25, -0.2) is 0 Å². The lowest BCUT2D eigenvalue weighted by Gasteiger charge is -2.13. The molecule has 2 atom stereocenters. The van der Waals surface area contributed by atoms with Gasteiger partial charge < -0.3 is 4.84 Å². The van der Waals surface area contributed by atoms with E-state index in [0.717, 1.165) is 0 Å². The van der Waals surface area contributed by atoms with E-state index in [1.165, 1.54) is 11.1 Å². The minimum atomic E-state index is 0.131. The standard InChI is InChI=1S/C15H17NO/c1-14(2)13(10-16-17-3)15(14)9-8-11-6-4-5-7-12(11)15/h4-10,13H,1-3H3/b16-10+/t13-,15+/m1/s1. The average Bonchev–Trinajstić information content (AvgIpc) is 2.65. The molecule has 2 aliphatic rings. The summed E-state index contributed by atoms with van der Waals surface area (Å²) in [6.45, 7) is 4.59. The molecule has 0 bridgehead atoms. The Morgan fingerprint density at radius 2 is 2.06 bits per heavy atom. The quantitative estimate of drug-likeness (QED) is 0.561. The Bertz CT molecular complexity index is 515. The van der Waals surface area contributed by atoms with Crippen LogP contribution in [0, 0.1) is 11.3 Å². The number of hydrogen-bond donors (Lipinski definition) is 0. The molecule has 0 heterocycles. The van der Waals surface area contributed by atoms with E-state index >= 15 is 0 Å². The summed E-state index contributed by atoms with van der Waals surface area (Å²) in [5, 5.41) is 3.96. The largest absolute Gasteiger partial charge is 0.399 e. The van der Waals surface area contributed by atoms with Gasteiger partial charge in [-0.05, 0) is 16.5 Å². The molecule has 0 radical (unpaired) electrons. The van der Waals surface area contributed by atoms with Gasteiger partial charge in [-0.15, -0.1) is 0 Å². The molecule has 2 aliphatic carbocycles. The molecule has 0 amide bonds. The molecule has 0 unspecified atom stereocenters. The summed E-state index contributed by atoms with van der Waals surface area (Å²) in [5.41, 5.74) is 3.12. The second kappa shape index (κ2) is 3.22. The van der Waals surface area contributed by atoms with E-state index < -0.39 is 0 Å². The van der Waals surface area contributed by atoms with E-state index in [2.05, 4.69) is 55.4 Å². The molecule has 2 nitrogen and oxygen atoms in total. The first-order valence-electron chi connectivity index (χ1n) is 6.00. The molecule has 0 aromatic heterocycles. The van der Waals surface area contributed by atoms with Gasteiger partial charge in [0.05, 0.1) is 0 Å². The highest BCUT2D eigenvalue weighted by molar-refractivity contribution is 5.80. The van der Waals surface area contributed by atoms with E-state index in [1.807, 2.05) is 6.21 Å². The fraction of sp³-hybridized carbons (Fsp3) is 0.400. The van der Waals surface area contributed by atoms with Crippen LogP contribution in [-0.4, -0.2) is 13.3 Å². The Hall–Kier alpha value is -1.57. The molecule has 1 aromatic carbocycles. The number of hydrogen-bond acceptors (Lipinski definition) is 2. The number of fused-ring (bicyclic) bond motifs is 2. The Labute approximate surface area is 102 Å². The lowest BCUT2D eigenvalue weighted by Crippen LogP contribution is -2.09. The predicted molar refractivity (Wildman–Crippen MR) is 69.9 cm³/mol. The molecule has 1 fully saturated rings. The normalized spacial score (nSPS) is 32.1. The number of rotatable bonds is 2. The predicted octanol–water partition coefficient (Wildman–Crippen LogP) is 3.24. The van der Waals surface area contributed by atoms with Gasteiger partial charge >= 0.3 is 0 Å². The SMILES string of the molecule is CO/N=C/[C@@H]1C(C)(C)[C@]12C=Cc1ccccc12. The molecule has 0 saturated heterocycles. The molecule has 0 aliphatic heterocycles. The van der Waals surface area contributed by atoms with Crippen LogP contribution in [-0.2, 0) is 10.3 Å². The second-order valence-corrected chi connectivity index (χ2v) is 5.43. The maximum absolute atomic E-state index is 4.82. The number of nitrogens with zero attached hydrogens (tertiary/aromatic N) is 1. The fourth-order valence-electron chi connectivity index (χ4n) is 3.43. The molecule has 1 saturated carbocycles. The highest BCUT2D eigenvalue weighted by atomic mass is 16.6. The summed E-state index contributed by atoms with van der Waals surface area (Å²) in [6.07, 6.45) is 6.52. The molecule has 17 heavy (non-hydrogen) atoms. The topological polar surface area (TPSA) is 21.6 Å². The van der Waals surface area contributed by atoms with Crippen LogP contribution >= 0.6 is 0 Å². The first-order chi connectivity index (χ1) is 8.14. The molecule has 1 aromatic rings. The lowest BCUT2D eigenvalue weighted by atomic mass is 9.90. The van der Waals surface area contributed by atoms with Gasteiger partial charge in [0.2, 0.25) is 0 Å². The third-order valence-corrected chi connectivity index (χ3v) is 4.50. The molecule has 88 valence electrons. The summed E-state index contributed by atoms with van der Waals surface area (Å²) < 4.78 is 0. The van der Waals surface area contributed by atoms with E-state index in [4.69, 9.17) is 4.84 Å². The van der Waals surface area contributed by atoms with E-state index in [0.29, 0.717) is 5.92 Å². The number of benzene rings is 1. The van der Waals surface area contributed by atoms with Crippen LogP contribution in [0.25, 0.3) is 6.08 Å². The van der Waals surface area contributed by atoms with Crippen molar-refractivity contribution < 1.29 is 4.84 Å². The van der Waals surface area contributed by atoms with Crippen LogP contribution in [0.15, 0.2) is 35.5 Å². The van der Waals surface area contributed by atoms with Crippen molar-refractivity contribution in [2.24, 2.45) is 16.5 Å². The minimum Gasteiger partial charge on any atom is -0.399 e. The average molecular weight is 227 g/mol. The van der Waals surface area contributed by atoms with Gasteiger partial charge in [-0.1, -0.05) is 55.4 Å². The highest BCUT2D eigenvalue weighted by Crippen LogP contribution is 2.71. The van der Waals surface area contributed by atoms with Gasteiger partial charge in [0.15, 0.2) is 0 Å². The lowest BCUT2D eigenvalue weighted by molar-refractivity contribution is 0.214. The molecular formula is C15H17NO. The summed E-state index contributed by atoms with van der Waals surface area (Å²) in [5.74, 6) is 0.426. The monoisotopic (exact) mass is 227 g/mol. The number of oxime groups is 1. The summed E-state index contributed by atoms with van der Waals surface area (Å²) in [6, 6.07) is 8.62. The van der Waals surface area contributed by atoms with E-state index in [-0.39, 0.29) is 10.8 Å². The van der Waals surface area contributed by atoms with Crippen molar-refractivity contribution in [2.75, 3.05) is 7.11 Å². The van der Waals surface area contributed by atoms with Gasteiger partial charge in [-0.2, -0.15) is 0 Å². The zero-order valence-electron chi connectivity index (χ0n) is 10.5. The molecular weight excluding hydrogens is 210 g/mol. The van der Waals surface area contributed by atoms with Crippen LogP contribution < -0.4 is 0 Å². The Morgan fingerprint density at radius 1 is 1.29 bits per heavy atom. The van der Waals surface area contributed by atoms with Crippen LogP contribution in [0.5, 0.6) is 0 Å². The third-order valence-electron chi connectivity index (χ3n) is 4.50. The smallest absolute Gasteiger partial charge is 0.106 e. The summed E-state index contributed by atoms with van der Waals surface area (Å²) >= 11 is 0. The van der Waals surface area contributed by atoms with Gasteiger partial charge in [0.25, 0.3) is 0 Å². The molecule has 0 N–H and O–H groups in total. The van der Waals surface area contributed by atoms with Gasteiger partial charge in [0, 0.05) is 17.5 Å². The second-order valence-electron chi connectivity index (χ2n) is 5.43. The van der Waals surface area contributed by atoms with E-state index in [9.17, 15) is 0 Å². The molecule has 2 heteroatoms. The minimum absolute atomic E-state index is 0.131. The zero-order valence-corrected chi connectivity index (χ0v) is 10.5. The first-order valence-corrected chi connectivity index (χ1v) is 6.00. The van der Waals surface area contributed by atoms with Crippen LogP contribution in [0.1, 0.15) is 25.0 Å². The first kappa shape index (κ1) is 10.6. The highest BCUT2D eigenvalue weighted by Gasteiger charge is 2.71.